The van der Waals surface area contributed by atoms with Gasteiger partial charge < -0.3 is 14.8 Å². The van der Waals surface area contributed by atoms with Crippen LogP contribution >= 0.6 is 0 Å². The summed E-state index contributed by atoms with van der Waals surface area (Å²) in [7, 11) is 4.45. The Bertz CT molecular complexity index is 453. The van der Waals surface area contributed by atoms with Crippen LogP contribution in [0.3, 0.4) is 0 Å². The molecule has 0 amide bonds. The Balaban J connectivity index is 1.83. The Kier molecular flexibility index (Phi) is 3.63. The second-order valence-electron chi connectivity index (χ2n) is 7.19. The van der Waals surface area contributed by atoms with Crippen molar-refractivity contribution in [3.8, 4) is 0 Å². The molecule has 3 rings (SSSR count). The van der Waals surface area contributed by atoms with Crippen LogP contribution in [0.2, 0.25) is 0 Å². The summed E-state index contributed by atoms with van der Waals surface area (Å²) in [6, 6.07) is 0. The third-order valence-electron chi connectivity index (χ3n) is 5.74. The Morgan fingerprint density at radius 3 is 2.50 bits per heavy atom. The van der Waals surface area contributed by atoms with Gasteiger partial charge >= 0.3 is 0 Å². The molecular formula is C16H28N4. The van der Waals surface area contributed by atoms with E-state index in [4.69, 9.17) is 0 Å². The van der Waals surface area contributed by atoms with Crippen LogP contribution in [-0.4, -0.2) is 47.2 Å². The van der Waals surface area contributed by atoms with Crippen LogP contribution in [-0.2, 0) is 12.0 Å². The molecule has 0 aromatic carbocycles. The van der Waals surface area contributed by atoms with E-state index in [1.54, 1.807) is 0 Å². The fraction of sp³-hybridized carbons (Fsp3) is 0.812. The van der Waals surface area contributed by atoms with Crippen LogP contribution in [0.15, 0.2) is 12.5 Å². The summed E-state index contributed by atoms with van der Waals surface area (Å²) in [6.45, 7) is 5.75. The fourth-order valence-electron chi connectivity index (χ4n) is 3.83. The smallest absolute Gasteiger partial charge is 0.0949 e. The van der Waals surface area contributed by atoms with E-state index in [2.05, 4.69) is 47.0 Å². The lowest BCUT2D eigenvalue weighted by Gasteiger charge is -2.48. The quantitative estimate of drug-likeness (QED) is 0.913. The van der Waals surface area contributed by atoms with Crippen molar-refractivity contribution < 1.29 is 0 Å². The fourth-order valence-corrected chi connectivity index (χ4v) is 3.83. The average molecular weight is 276 g/mol. The minimum absolute atomic E-state index is 0.291. The van der Waals surface area contributed by atoms with Crippen LogP contribution < -0.4 is 5.32 Å². The molecule has 1 N–H and O–H groups in total. The van der Waals surface area contributed by atoms with E-state index in [-0.39, 0.29) is 0 Å². The highest BCUT2D eigenvalue weighted by Gasteiger charge is 2.41. The van der Waals surface area contributed by atoms with Gasteiger partial charge in [0.15, 0.2) is 0 Å². The molecule has 4 heteroatoms. The molecule has 0 spiro atoms. The minimum atomic E-state index is 0.291. The van der Waals surface area contributed by atoms with Gasteiger partial charge in [0.1, 0.15) is 0 Å². The second kappa shape index (κ2) is 5.15. The van der Waals surface area contributed by atoms with E-state index in [9.17, 15) is 0 Å². The van der Waals surface area contributed by atoms with Gasteiger partial charge in [0.2, 0.25) is 0 Å². The summed E-state index contributed by atoms with van der Waals surface area (Å²) in [6.07, 6.45) is 10.6. The molecule has 1 aromatic rings. The number of piperidine rings is 1. The number of nitrogens with zero attached hydrogens (tertiary/aromatic N) is 3. The molecule has 0 atom stereocenters. The van der Waals surface area contributed by atoms with Gasteiger partial charge in [0, 0.05) is 29.4 Å². The van der Waals surface area contributed by atoms with E-state index in [0.717, 1.165) is 19.6 Å². The summed E-state index contributed by atoms with van der Waals surface area (Å²) in [5, 5.41) is 3.47. The van der Waals surface area contributed by atoms with E-state index in [1.807, 2.05) is 6.33 Å². The molecule has 0 radical (unpaired) electrons. The van der Waals surface area contributed by atoms with Gasteiger partial charge in [-0.15, -0.1) is 0 Å². The molecule has 1 saturated heterocycles. The maximum absolute atomic E-state index is 4.47. The first-order chi connectivity index (χ1) is 9.56. The normalized spacial score (nSPS) is 24.6. The summed E-state index contributed by atoms with van der Waals surface area (Å²) >= 11 is 0. The topological polar surface area (TPSA) is 33.1 Å². The summed E-state index contributed by atoms with van der Waals surface area (Å²) in [4.78, 5) is 6.89. The molecule has 2 fully saturated rings. The predicted molar refractivity (Wildman–Crippen MR) is 82.0 cm³/mol. The number of imidazole rings is 1. The van der Waals surface area contributed by atoms with Crippen molar-refractivity contribution in [3.63, 3.8) is 0 Å². The van der Waals surface area contributed by atoms with Crippen molar-refractivity contribution >= 4 is 0 Å². The molecule has 2 heterocycles. The zero-order valence-electron chi connectivity index (χ0n) is 13.2. The maximum Gasteiger partial charge on any atom is 0.0949 e. The van der Waals surface area contributed by atoms with Crippen molar-refractivity contribution in [2.75, 3.05) is 27.2 Å². The Morgan fingerprint density at radius 1 is 1.25 bits per heavy atom. The van der Waals surface area contributed by atoms with Gasteiger partial charge in [-0.25, -0.2) is 4.98 Å². The lowest BCUT2D eigenvalue weighted by atomic mass is 9.74. The highest BCUT2D eigenvalue weighted by molar-refractivity contribution is 5.16. The lowest BCUT2D eigenvalue weighted by Crippen LogP contribution is -2.53. The zero-order chi connectivity index (χ0) is 14.2. The van der Waals surface area contributed by atoms with E-state index in [0.29, 0.717) is 11.0 Å². The molecule has 0 unspecified atom stereocenters. The van der Waals surface area contributed by atoms with E-state index >= 15 is 0 Å². The Hall–Kier alpha value is -0.870. The zero-order valence-corrected chi connectivity index (χ0v) is 13.2. The van der Waals surface area contributed by atoms with Crippen LogP contribution in [0, 0.1) is 0 Å². The molecule has 20 heavy (non-hydrogen) atoms. The lowest BCUT2D eigenvalue weighted by molar-refractivity contribution is 0.0405. The predicted octanol–water partition coefficient (Wildman–Crippen LogP) is 2.01. The summed E-state index contributed by atoms with van der Waals surface area (Å²) in [5.74, 6) is 0. The van der Waals surface area contributed by atoms with Gasteiger partial charge in [-0.3, -0.25) is 0 Å². The molecule has 0 bridgehead atoms. The van der Waals surface area contributed by atoms with E-state index < -0.39 is 0 Å². The van der Waals surface area contributed by atoms with Gasteiger partial charge in [-0.2, -0.15) is 0 Å². The number of likely N-dealkylation sites (N-methyl/N-ethyl adjacent to an activating group) is 1. The van der Waals surface area contributed by atoms with E-state index in [1.165, 1.54) is 37.8 Å². The SMILES string of the molecule is CN(C)C1(Cn2cncc2C2(C)CCNCC2)CCC1. The van der Waals surface area contributed by atoms with Crippen molar-refractivity contribution in [1.29, 1.82) is 0 Å². The summed E-state index contributed by atoms with van der Waals surface area (Å²) < 4.78 is 2.44. The second-order valence-corrected chi connectivity index (χ2v) is 7.19. The van der Waals surface area contributed by atoms with Crippen molar-refractivity contribution in [2.24, 2.45) is 0 Å². The van der Waals surface area contributed by atoms with Gasteiger partial charge in [0.05, 0.1) is 6.33 Å². The molecule has 1 aromatic heterocycles. The van der Waals surface area contributed by atoms with Gasteiger partial charge in [0.25, 0.3) is 0 Å². The third-order valence-corrected chi connectivity index (χ3v) is 5.74. The van der Waals surface area contributed by atoms with Crippen molar-refractivity contribution in [1.82, 2.24) is 19.8 Å². The molecule has 2 aliphatic rings. The standard InChI is InChI=1S/C16H28N4/c1-15(7-9-17-10-8-15)14-11-18-13-20(14)12-16(19(2)3)5-4-6-16/h11,13,17H,4-10,12H2,1-3H3. The van der Waals surface area contributed by atoms with Gasteiger partial charge in [-0.1, -0.05) is 6.92 Å². The van der Waals surface area contributed by atoms with Crippen LogP contribution in [0.5, 0.6) is 0 Å². The minimum Gasteiger partial charge on any atom is -0.332 e. The van der Waals surface area contributed by atoms with Crippen molar-refractivity contribution in [2.45, 2.75) is 56.5 Å². The third kappa shape index (κ3) is 2.29. The maximum atomic E-state index is 4.47. The first-order valence-electron chi connectivity index (χ1n) is 7.95. The molecule has 112 valence electrons. The molecular weight excluding hydrogens is 248 g/mol. The largest absolute Gasteiger partial charge is 0.332 e. The monoisotopic (exact) mass is 276 g/mol. The van der Waals surface area contributed by atoms with Crippen LogP contribution in [0.25, 0.3) is 0 Å². The summed E-state index contributed by atoms with van der Waals surface area (Å²) in [5.41, 5.74) is 2.09. The first-order valence-corrected chi connectivity index (χ1v) is 7.95. The average Bonchev–Trinajstić information content (AvgIpc) is 2.83. The number of nitrogens with one attached hydrogen (secondary N) is 1. The first kappa shape index (κ1) is 14.1. The number of hydrogen-bond donors (Lipinski definition) is 1. The number of aromatic nitrogens is 2. The highest BCUT2D eigenvalue weighted by atomic mass is 15.2. The molecule has 1 saturated carbocycles. The van der Waals surface area contributed by atoms with Crippen LogP contribution in [0.4, 0.5) is 0 Å². The molecule has 1 aliphatic heterocycles. The van der Waals surface area contributed by atoms with Gasteiger partial charge in [-0.05, 0) is 59.3 Å². The molecule has 1 aliphatic carbocycles. The Morgan fingerprint density at radius 2 is 1.95 bits per heavy atom. The highest BCUT2D eigenvalue weighted by Crippen LogP contribution is 2.39. The molecule has 4 nitrogen and oxygen atoms in total. The van der Waals surface area contributed by atoms with Crippen molar-refractivity contribution in [3.05, 3.63) is 18.2 Å². The number of hydrogen-bond acceptors (Lipinski definition) is 3. The van der Waals surface area contributed by atoms with Crippen LogP contribution in [0.1, 0.15) is 44.7 Å². The Labute approximate surface area is 122 Å². The number of rotatable bonds is 4.